The van der Waals surface area contributed by atoms with E-state index in [2.05, 4.69) is 4.98 Å². The molecule has 1 aromatic carbocycles. The van der Waals surface area contributed by atoms with Gasteiger partial charge in [0.05, 0.1) is 21.8 Å². The first kappa shape index (κ1) is 14.5. The SMILES string of the molecule is NC(Cc1cc(Cl)ccc1F)c1ncc(Cl)cc1Cl. The van der Waals surface area contributed by atoms with E-state index in [9.17, 15) is 4.39 Å². The number of halogens is 4. The molecule has 0 bridgehead atoms. The summed E-state index contributed by atoms with van der Waals surface area (Å²) in [5.74, 6) is -0.357. The van der Waals surface area contributed by atoms with Crippen LogP contribution in [0.3, 0.4) is 0 Å². The van der Waals surface area contributed by atoms with Crippen molar-refractivity contribution in [2.75, 3.05) is 0 Å². The van der Waals surface area contributed by atoms with Crippen LogP contribution in [0.15, 0.2) is 30.5 Å². The van der Waals surface area contributed by atoms with Gasteiger partial charge in [-0.05, 0) is 36.2 Å². The fourth-order valence-corrected chi connectivity index (χ4v) is 2.45. The Bertz CT molecular complexity index is 604. The third-order valence-electron chi connectivity index (χ3n) is 2.64. The van der Waals surface area contributed by atoms with E-state index in [1.54, 1.807) is 12.1 Å². The summed E-state index contributed by atoms with van der Waals surface area (Å²) in [5, 5.41) is 1.25. The number of nitrogens with two attached hydrogens (primary N) is 1. The van der Waals surface area contributed by atoms with Gasteiger partial charge in [0.15, 0.2) is 0 Å². The fourth-order valence-electron chi connectivity index (χ4n) is 1.73. The summed E-state index contributed by atoms with van der Waals surface area (Å²) in [6, 6.07) is 5.36. The zero-order chi connectivity index (χ0) is 14.0. The van der Waals surface area contributed by atoms with Crippen molar-refractivity contribution < 1.29 is 4.39 Å². The molecule has 0 aliphatic heterocycles. The van der Waals surface area contributed by atoms with Crippen LogP contribution in [-0.2, 0) is 6.42 Å². The van der Waals surface area contributed by atoms with Gasteiger partial charge in [-0.3, -0.25) is 4.98 Å². The molecule has 0 aliphatic carbocycles. The van der Waals surface area contributed by atoms with Gasteiger partial charge in [0, 0.05) is 11.2 Å². The Balaban J connectivity index is 2.25. The summed E-state index contributed by atoms with van der Waals surface area (Å²) in [6.07, 6.45) is 1.71. The third-order valence-corrected chi connectivity index (χ3v) is 3.38. The second kappa shape index (κ2) is 6.06. The molecule has 0 fully saturated rings. The van der Waals surface area contributed by atoms with Crippen LogP contribution in [0.1, 0.15) is 17.3 Å². The molecule has 1 atom stereocenters. The minimum Gasteiger partial charge on any atom is -0.322 e. The Morgan fingerprint density at radius 3 is 2.58 bits per heavy atom. The van der Waals surface area contributed by atoms with Gasteiger partial charge >= 0.3 is 0 Å². The third kappa shape index (κ3) is 3.57. The lowest BCUT2D eigenvalue weighted by Crippen LogP contribution is -2.16. The second-order valence-corrected chi connectivity index (χ2v) is 5.35. The molecule has 2 N–H and O–H groups in total. The van der Waals surface area contributed by atoms with E-state index in [1.165, 1.54) is 18.3 Å². The van der Waals surface area contributed by atoms with Crippen molar-refractivity contribution in [3.05, 3.63) is 62.6 Å². The highest BCUT2D eigenvalue weighted by molar-refractivity contribution is 6.34. The Hall–Kier alpha value is -0.870. The predicted octanol–water partition coefficient (Wildman–Crippen LogP) is 4.42. The molecule has 0 radical (unpaired) electrons. The summed E-state index contributed by atoms with van der Waals surface area (Å²) in [4.78, 5) is 4.08. The topological polar surface area (TPSA) is 38.9 Å². The molecule has 1 unspecified atom stereocenters. The average molecular weight is 320 g/mol. The lowest BCUT2D eigenvalue weighted by atomic mass is 10.0. The molecule has 100 valence electrons. The maximum Gasteiger partial charge on any atom is 0.126 e. The van der Waals surface area contributed by atoms with E-state index in [4.69, 9.17) is 40.5 Å². The van der Waals surface area contributed by atoms with Crippen molar-refractivity contribution in [2.24, 2.45) is 5.73 Å². The van der Waals surface area contributed by atoms with E-state index in [-0.39, 0.29) is 12.2 Å². The molecule has 0 amide bonds. The van der Waals surface area contributed by atoms with E-state index >= 15 is 0 Å². The van der Waals surface area contributed by atoms with Crippen molar-refractivity contribution in [3.63, 3.8) is 0 Å². The van der Waals surface area contributed by atoms with Gasteiger partial charge < -0.3 is 5.73 Å². The maximum absolute atomic E-state index is 13.6. The Morgan fingerprint density at radius 1 is 1.16 bits per heavy atom. The van der Waals surface area contributed by atoms with Crippen molar-refractivity contribution in [3.8, 4) is 0 Å². The van der Waals surface area contributed by atoms with Crippen LogP contribution in [0, 0.1) is 5.82 Å². The van der Waals surface area contributed by atoms with Crippen molar-refractivity contribution >= 4 is 34.8 Å². The number of hydrogen-bond donors (Lipinski definition) is 1. The first-order valence-electron chi connectivity index (χ1n) is 5.48. The van der Waals surface area contributed by atoms with E-state index < -0.39 is 6.04 Å². The number of pyridine rings is 1. The maximum atomic E-state index is 13.6. The molecular weight excluding hydrogens is 310 g/mol. The summed E-state index contributed by atoms with van der Waals surface area (Å²) in [7, 11) is 0. The zero-order valence-electron chi connectivity index (χ0n) is 9.71. The molecule has 0 spiro atoms. The molecule has 0 aliphatic rings. The highest BCUT2D eigenvalue weighted by Crippen LogP contribution is 2.26. The van der Waals surface area contributed by atoms with Crippen molar-refractivity contribution in [2.45, 2.75) is 12.5 Å². The molecule has 2 nitrogen and oxygen atoms in total. The second-order valence-electron chi connectivity index (χ2n) is 4.07. The van der Waals surface area contributed by atoms with Crippen LogP contribution < -0.4 is 5.73 Å². The normalized spacial score (nSPS) is 12.5. The van der Waals surface area contributed by atoms with Crippen LogP contribution >= 0.6 is 34.8 Å². The zero-order valence-corrected chi connectivity index (χ0v) is 12.0. The summed E-state index contributed by atoms with van der Waals surface area (Å²) < 4.78 is 13.6. The molecule has 6 heteroatoms. The summed E-state index contributed by atoms with van der Waals surface area (Å²) >= 11 is 17.6. The monoisotopic (exact) mass is 318 g/mol. The van der Waals surface area contributed by atoms with Crippen molar-refractivity contribution in [1.82, 2.24) is 4.98 Å². The molecule has 2 aromatic rings. The lowest BCUT2D eigenvalue weighted by Gasteiger charge is -2.13. The Morgan fingerprint density at radius 2 is 1.89 bits per heavy atom. The molecule has 1 heterocycles. The minimum absolute atomic E-state index is 0.251. The highest BCUT2D eigenvalue weighted by atomic mass is 35.5. The molecule has 2 rings (SSSR count). The number of rotatable bonds is 3. The van der Waals surface area contributed by atoms with E-state index in [0.717, 1.165) is 0 Å². The molecule has 0 saturated heterocycles. The molecule has 19 heavy (non-hydrogen) atoms. The lowest BCUT2D eigenvalue weighted by molar-refractivity contribution is 0.590. The predicted molar refractivity (Wildman–Crippen MR) is 76.3 cm³/mol. The number of nitrogens with zero attached hydrogens (tertiary/aromatic N) is 1. The Kier molecular flexibility index (Phi) is 4.63. The van der Waals surface area contributed by atoms with Gasteiger partial charge in [-0.25, -0.2) is 4.39 Å². The first-order valence-corrected chi connectivity index (χ1v) is 6.61. The van der Waals surface area contributed by atoms with Gasteiger partial charge in [-0.1, -0.05) is 34.8 Å². The summed E-state index contributed by atoms with van der Waals surface area (Å²) in [5.41, 5.74) is 6.90. The largest absolute Gasteiger partial charge is 0.322 e. The van der Waals surface area contributed by atoms with Crippen molar-refractivity contribution in [1.29, 1.82) is 0 Å². The highest BCUT2D eigenvalue weighted by Gasteiger charge is 2.15. The molecule has 0 saturated carbocycles. The number of hydrogen-bond acceptors (Lipinski definition) is 2. The van der Waals surface area contributed by atoms with Crippen LogP contribution in [0.4, 0.5) is 4.39 Å². The van der Waals surface area contributed by atoms with Gasteiger partial charge in [-0.2, -0.15) is 0 Å². The minimum atomic E-state index is -0.530. The fraction of sp³-hybridized carbons (Fsp3) is 0.154. The first-order chi connectivity index (χ1) is 8.97. The van der Waals surface area contributed by atoms with E-state index in [1.807, 2.05) is 0 Å². The van der Waals surface area contributed by atoms with Gasteiger partial charge in [0.2, 0.25) is 0 Å². The average Bonchev–Trinajstić information content (AvgIpc) is 2.33. The van der Waals surface area contributed by atoms with Gasteiger partial charge in [-0.15, -0.1) is 0 Å². The summed E-state index contributed by atoms with van der Waals surface area (Å²) in [6.45, 7) is 0. The quantitative estimate of drug-likeness (QED) is 0.909. The number of aromatic nitrogens is 1. The standard InChI is InChI=1S/C13H10Cl3FN2/c14-8-1-2-11(17)7(3-8)4-12(18)13-10(16)5-9(15)6-19-13/h1-3,5-6,12H,4,18H2. The van der Waals surface area contributed by atoms with Crippen LogP contribution in [0.5, 0.6) is 0 Å². The molecule has 1 aromatic heterocycles. The van der Waals surface area contributed by atoms with E-state index in [0.29, 0.717) is 26.3 Å². The van der Waals surface area contributed by atoms with Gasteiger partial charge in [0.25, 0.3) is 0 Å². The van der Waals surface area contributed by atoms with Crippen LogP contribution in [0.2, 0.25) is 15.1 Å². The molecular formula is C13H10Cl3FN2. The van der Waals surface area contributed by atoms with Gasteiger partial charge in [0.1, 0.15) is 5.82 Å². The van der Waals surface area contributed by atoms with Crippen LogP contribution in [0.25, 0.3) is 0 Å². The smallest absolute Gasteiger partial charge is 0.126 e. The Labute approximate surface area is 125 Å². The van der Waals surface area contributed by atoms with Crippen LogP contribution in [-0.4, -0.2) is 4.98 Å². The number of benzene rings is 1.